The lowest BCUT2D eigenvalue weighted by molar-refractivity contribution is 0.626. The monoisotopic (exact) mass is 270 g/mol. The van der Waals surface area contributed by atoms with E-state index in [1.807, 2.05) is 17.6 Å². The van der Waals surface area contributed by atoms with Gasteiger partial charge in [-0.2, -0.15) is 5.26 Å². The Kier molecular flexibility index (Phi) is 3.15. The molecule has 0 bridgehead atoms. The van der Waals surface area contributed by atoms with Gasteiger partial charge in [0.1, 0.15) is 5.82 Å². The number of halogens is 1. The Morgan fingerprint density at radius 2 is 2.25 bits per heavy atom. The Bertz CT molecular complexity index is 647. The smallest absolute Gasteiger partial charge is 0.156 e. The minimum Gasteiger partial charge on any atom is -0.365 e. The first-order chi connectivity index (χ1) is 9.67. The number of rotatable bonds is 4. The van der Waals surface area contributed by atoms with Gasteiger partial charge in [-0.1, -0.05) is 0 Å². The lowest BCUT2D eigenvalue weighted by atomic mass is 10.1. The van der Waals surface area contributed by atoms with Crippen LogP contribution in [0.2, 0.25) is 0 Å². The molecule has 1 aliphatic carbocycles. The van der Waals surface area contributed by atoms with Crippen LogP contribution in [-0.2, 0) is 0 Å². The molecule has 1 saturated carbocycles. The van der Waals surface area contributed by atoms with Crippen molar-refractivity contribution in [2.24, 2.45) is 0 Å². The fraction of sp³-hybridized carbons (Fsp3) is 0.333. The third kappa shape index (κ3) is 2.50. The Hall–Kier alpha value is -2.35. The first kappa shape index (κ1) is 12.7. The van der Waals surface area contributed by atoms with Crippen LogP contribution in [0.25, 0.3) is 0 Å². The summed E-state index contributed by atoms with van der Waals surface area (Å²) >= 11 is 0. The summed E-state index contributed by atoms with van der Waals surface area (Å²) in [5.41, 5.74) is 2.26. The van der Waals surface area contributed by atoms with E-state index in [9.17, 15) is 9.65 Å². The van der Waals surface area contributed by atoms with Crippen LogP contribution in [0.4, 0.5) is 10.1 Å². The van der Waals surface area contributed by atoms with E-state index in [2.05, 4.69) is 16.4 Å². The molecule has 0 aliphatic heterocycles. The number of hydrogen-bond donors (Lipinski definition) is 1. The summed E-state index contributed by atoms with van der Waals surface area (Å²) in [4.78, 5) is 4.13. The van der Waals surface area contributed by atoms with E-state index < -0.39 is 6.04 Å². The molecule has 5 heteroatoms. The molecule has 0 radical (unpaired) electrons. The van der Waals surface area contributed by atoms with Gasteiger partial charge in [-0.25, -0.2) is 9.37 Å². The van der Waals surface area contributed by atoms with Crippen LogP contribution in [-0.4, -0.2) is 9.55 Å². The summed E-state index contributed by atoms with van der Waals surface area (Å²) in [6, 6.07) is 6.83. The first-order valence-electron chi connectivity index (χ1n) is 6.62. The van der Waals surface area contributed by atoms with Crippen LogP contribution in [0.3, 0.4) is 0 Å². The van der Waals surface area contributed by atoms with Crippen molar-refractivity contribution in [2.45, 2.75) is 31.8 Å². The maximum Gasteiger partial charge on any atom is 0.156 e. The van der Waals surface area contributed by atoms with E-state index in [1.165, 1.54) is 12.1 Å². The van der Waals surface area contributed by atoms with E-state index in [-0.39, 0.29) is 5.82 Å². The highest BCUT2D eigenvalue weighted by Crippen LogP contribution is 2.37. The number of nitrogens with one attached hydrogen (secondary N) is 1. The van der Waals surface area contributed by atoms with Crippen molar-refractivity contribution in [1.82, 2.24) is 9.55 Å². The van der Waals surface area contributed by atoms with Crippen molar-refractivity contribution in [1.29, 1.82) is 5.26 Å². The van der Waals surface area contributed by atoms with E-state index in [1.54, 1.807) is 12.5 Å². The van der Waals surface area contributed by atoms with Crippen LogP contribution in [0.5, 0.6) is 0 Å². The van der Waals surface area contributed by atoms with Gasteiger partial charge in [-0.05, 0) is 43.5 Å². The summed E-state index contributed by atoms with van der Waals surface area (Å²) in [5.74, 6) is -0.306. The van der Waals surface area contributed by atoms with Crippen LogP contribution in [0.15, 0.2) is 30.7 Å². The molecule has 0 saturated heterocycles. The van der Waals surface area contributed by atoms with Crippen molar-refractivity contribution >= 4 is 5.69 Å². The van der Waals surface area contributed by atoms with Gasteiger partial charge in [0.05, 0.1) is 24.3 Å². The molecule has 3 rings (SSSR count). The lowest BCUT2D eigenvalue weighted by Crippen LogP contribution is -2.13. The Morgan fingerprint density at radius 3 is 2.90 bits per heavy atom. The van der Waals surface area contributed by atoms with E-state index in [0.717, 1.165) is 24.1 Å². The molecule has 1 atom stereocenters. The number of hydrogen-bond acceptors (Lipinski definition) is 3. The zero-order valence-electron chi connectivity index (χ0n) is 11.2. The Labute approximate surface area is 116 Å². The maximum absolute atomic E-state index is 13.4. The third-order valence-corrected chi connectivity index (χ3v) is 3.41. The molecule has 0 amide bonds. The van der Waals surface area contributed by atoms with Crippen molar-refractivity contribution < 1.29 is 4.39 Å². The average molecular weight is 270 g/mol. The van der Waals surface area contributed by atoms with Crippen molar-refractivity contribution in [3.8, 4) is 6.07 Å². The summed E-state index contributed by atoms with van der Waals surface area (Å²) < 4.78 is 15.4. The largest absolute Gasteiger partial charge is 0.365 e. The molecule has 4 nitrogen and oxygen atoms in total. The normalized spacial score (nSPS) is 15.7. The zero-order valence-corrected chi connectivity index (χ0v) is 11.2. The molecule has 102 valence electrons. The van der Waals surface area contributed by atoms with Gasteiger partial charge in [-0.3, -0.25) is 0 Å². The molecule has 20 heavy (non-hydrogen) atoms. The van der Waals surface area contributed by atoms with Crippen molar-refractivity contribution in [3.05, 3.63) is 47.8 Å². The quantitative estimate of drug-likeness (QED) is 0.927. The van der Waals surface area contributed by atoms with Gasteiger partial charge in [0.2, 0.25) is 0 Å². The molecule has 2 aromatic rings. The number of nitrogens with zero attached hydrogens (tertiary/aromatic N) is 3. The lowest BCUT2D eigenvalue weighted by Gasteiger charge is -2.15. The second-order valence-corrected chi connectivity index (χ2v) is 5.18. The number of imidazole rings is 1. The summed E-state index contributed by atoms with van der Waals surface area (Å²) in [6.07, 6.45) is 5.71. The first-order valence-corrected chi connectivity index (χ1v) is 6.62. The highest BCUT2D eigenvalue weighted by molar-refractivity contribution is 5.49. The van der Waals surface area contributed by atoms with Gasteiger partial charge < -0.3 is 9.88 Å². The highest BCUT2D eigenvalue weighted by atomic mass is 19.1. The van der Waals surface area contributed by atoms with Crippen LogP contribution in [0, 0.1) is 24.1 Å². The minimum absolute atomic E-state index is 0.306. The van der Waals surface area contributed by atoms with E-state index >= 15 is 0 Å². The summed E-state index contributed by atoms with van der Waals surface area (Å²) in [5, 5.41) is 12.5. The topological polar surface area (TPSA) is 53.6 Å². The van der Waals surface area contributed by atoms with E-state index in [0.29, 0.717) is 11.7 Å². The number of anilines is 1. The third-order valence-electron chi connectivity index (χ3n) is 3.41. The van der Waals surface area contributed by atoms with Crippen molar-refractivity contribution in [2.75, 3.05) is 5.32 Å². The maximum atomic E-state index is 13.4. The minimum atomic E-state index is -0.528. The summed E-state index contributed by atoms with van der Waals surface area (Å²) in [7, 11) is 0. The van der Waals surface area contributed by atoms with Crippen LogP contribution >= 0.6 is 0 Å². The Morgan fingerprint density at radius 1 is 1.45 bits per heavy atom. The highest BCUT2D eigenvalue weighted by Gasteiger charge is 2.28. The summed E-state index contributed by atoms with van der Waals surface area (Å²) in [6.45, 7) is 1.82. The molecular weight excluding hydrogens is 255 g/mol. The standard InChI is InChI=1S/C15H15FN4/c1-10-4-11(16)6-12(5-10)19-14(7-17)15-8-18-9-20(15)13-2-3-13/h4-6,8-9,13-14,19H,2-3H2,1H3. The molecule has 1 aliphatic rings. The van der Waals surface area contributed by atoms with Crippen LogP contribution < -0.4 is 5.32 Å². The SMILES string of the molecule is Cc1cc(F)cc(NC(C#N)c2cncn2C2CC2)c1. The van der Waals surface area contributed by atoms with Gasteiger partial charge in [0.15, 0.2) is 6.04 Å². The second-order valence-electron chi connectivity index (χ2n) is 5.18. The van der Waals surface area contributed by atoms with Gasteiger partial charge >= 0.3 is 0 Å². The average Bonchev–Trinajstić information content (AvgIpc) is 3.13. The molecule has 1 aromatic carbocycles. The van der Waals surface area contributed by atoms with Gasteiger partial charge in [-0.15, -0.1) is 0 Å². The van der Waals surface area contributed by atoms with Gasteiger partial charge in [0.25, 0.3) is 0 Å². The zero-order chi connectivity index (χ0) is 14.1. The predicted octanol–water partition coefficient (Wildman–Crippen LogP) is 3.34. The molecule has 1 aromatic heterocycles. The molecule has 1 fully saturated rings. The van der Waals surface area contributed by atoms with E-state index in [4.69, 9.17) is 0 Å². The number of aromatic nitrogens is 2. The molecular formula is C15H15FN4. The molecule has 1 unspecified atom stereocenters. The number of nitriles is 1. The number of benzene rings is 1. The van der Waals surface area contributed by atoms with Crippen LogP contribution in [0.1, 0.15) is 36.2 Å². The fourth-order valence-electron chi connectivity index (χ4n) is 2.35. The fourth-order valence-corrected chi connectivity index (χ4v) is 2.35. The van der Waals surface area contributed by atoms with Gasteiger partial charge in [0, 0.05) is 11.7 Å². The molecule has 1 N–H and O–H groups in total. The Balaban J connectivity index is 1.86. The predicted molar refractivity (Wildman–Crippen MR) is 73.6 cm³/mol. The molecule has 1 heterocycles. The molecule has 0 spiro atoms. The van der Waals surface area contributed by atoms with Crippen molar-refractivity contribution in [3.63, 3.8) is 0 Å². The number of aryl methyl sites for hydroxylation is 1. The second kappa shape index (κ2) is 4.97.